The van der Waals surface area contributed by atoms with Crippen molar-refractivity contribution in [2.75, 3.05) is 26.4 Å². The van der Waals surface area contributed by atoms with Gasteiger partial charge in [0, 0.05) is 13.0 Å². The quantitative estimate of drug-likeness (QED) is 0.0259. The second kappa shape index (κ2) is 39.7. The highest BCUT2D eigenvalue weighted by Crippen LogP contribution is 2.26. The van der Waals surface area contributed by atoms with E-state index in [1.807, 2.05) is 0 Å². The molecule has 0 aliphatic carbocycles. The van der Waals surface area contributed by atoms with Crippen LogP contribution in [-0.4, -0.2) is 97.5 Å². The Morgan fingerprint density at radius 1 is 0.567 bits per heavy atom. The van der Waals surface area contributed by atoms with E-state index >= 15 is 0 Å². The summed E-state index contributed by atoms with van der Waals surface area (Å²) in [4.78, 5) is 12.7. The molecule has 1 aliphatic heterocycles. The zero-order valence-corrected chi connectivity index (χ0v) is 39.1. The van der Waals surface area contributed by atoms with Crippen LogP contribution in [-0.2, 0) is 38.3 Å². The van der Waals surface area contributed by atoms with Crippen LogP contribution in [0.5, 0.6) is 0 Å². The molecule has 1 fully saturated rings. The van der Waals surface area contributed by atoms with Crippen LogP contribution in [0.25, 0.3) is 0 Å². The van der Waals surface area contributed by atoms with Gasteiger partial charge in [0.15, 0.2) is 6.29 Å². The maximum atomic E-state index is 12.7. The average molecular weight is 881 g/mol. The van der Waals surface area contributed by atoms with Crippen molar-refractivity contribution in [3.8, 4) is 0 Å². The molecule has 0 aromatic rings. The molecule has 0 bridgehead atoms. The van der Waals surface area contributed by atoms with Crippen molar-refractivity contribution in [2.24, 2.45) is 0 Å². The van der Waals surface area contributed by atoms with Gasteiger partial charge in [0.1, 0.15) is 30.5 Å². The van der Waals surface area contributed by atoms with E-state index < -0.39 is 59.8 Å². The van der Waals surface area contributed by atoms with E-state index in [2.05, 4.69) is 18.0 Å². The molecule has 6 atom stereocenters. The molecule has 1 heterocycles. The van der Waals surface area contributed by atoms with Crippen molar-refractivity contribution in [2.45, 2.75) is 269 Å². The van der Waals surface area contributed by atoms with Gasteiger partial charge in [-0.1, -0.05) is 213 Å². The van der Waals surface area contributed by atoms with Crippen molar-refractivity contribution < 1.29 is 56.2 Å². The lowest BCUT2D eigenvalue weighted by Gasteiger charge is -2.41. The highest BCUT2D eigenvalue weighted by atomic mass is 32.3. The number of unbranched alkanes of at least 4 members (excludes halogenated alkanes) is 31. The number of esters is 1. The number of aliphatic hydroxyl groups excluding tert-OH is 3. The van der Waals surface area contributed by atoms with Crippen molar-refractivity contribution >= 4 is 16.4 Å². The second-order valence-corrected chi connectivity index (χ2v) is 18.5. The van der Waals surface area contributed by atoms with Gasteiger partial charge in [-0.2, -0.15) is 8.42 Å². The third-order valence-corrected chi connectivity index (χ3v) is 12.2. The summed E-state index contributed by atoms with van der Waals surface area (Å²) in [7, 11) is -5.05. The molecule has 1 saturated heterocycles. The number of carbonyl (C=O) groups is 1. The fourth-order valence-corrected chi connectivity index (χ4v) is 8.48. The van der Waals surface area contributed by atoms with Gasteiger partial charge in [0.2, 0.25) is 0 Å². The lowest BCUT2D eigenvalue weighted by atomic mass is 9.99. The van der Waals surface area contributed by atoms with Gasteiger partial charge in [-0.15, -0.1) is 0 Å². The van der Waals surface area contributed by atoms with Crippen LogP contribution < -0.4 is 0 Å². The second-order valence-electron chi connectivity index (χ2n) is 17.4. The van der Waals surface area contributed by atoms with Crippen LogP contribution in [0.4, 0.5) is 0 Å². The molecule has 358 valence electrons. The van der Waals surface area contributed by atoms with Gasteiger partial charge in [-0.25, -0.2) is 4.18 Å². The minimum Gasteiger partial charge on any atom is -0.457 e. The van der Waals surface area contributed by atoms with Crippen molar-refractivity contribution in [1.82, 2.24) is 0 Å². The Morgan fingerprint density at radius 2 is 0.950 bits per heavy atom. The number of ether oxygens (including phenoxy) is 4. The maximum Gasteiger partial charge on any atom is 0.397 e. The van der Waals surface area contributed by atoms with Gasteiger partial charge in [0.25, 0.3) is 0 Å². The monoisotopic (exact) mass is 881 g/mol. The van der Waals surface area contributed by atoms with Gasteiger partial charge < -0.3 is 34.3 Å². The predicted molar refractivity (Wildman–Crippen MR) is 239 cm³/mol. The van der Waals surface area contributed by atoms with Gasteiger partial charge in [0.05, 0.1) is 19.8 Å². The highest BCUT2D eigenvalue weighted by Gasteiger charge is 2.48. The summed E-state index contributed by atoms with van der Waals surface area (Å²) in [5, 5.41) is 30.6. The maximum absolute atomic E-state index is 12.7. The number of hydrogen-bond donors (Lipinski definition) is 4. The Labute approximate surface area is 366 Å². The van der Waals surface area contributed by atoms with E-state index in [0.717, 1.165) is 38.5 Å². The van der Waals surface area contributed by atoms with E-state index in [1.54, 1.807) is 0 Å². The van der Waals surface area contributed by atoms with Crippen molar-refractivity contribution in [3.05, 3.63) is 0 Å². The summed E-state index contributed by atoms with van der Waals surface area (Å²) < 4.78 is 58.9. The SMILES string of the molecule is CCCCCCCCCCCCCCCCCCCCCCCCCCCCOCC(COC1OC(CO)C(O)C(OS(=O)(=O)O)C1O)OC(=O)CCCCCCCCC. The first kappa shape index (κ1) is 57.1. The highest BCUT2D eigenvalue weighted by molar-refractivity contribution is 7.80. The third-order valence-electron chi connectivity index (χ3n) is 11.7. The number of rotatable bonds is 44. The van der Waals surface area contributed by atoms with E-state index in [1.165, 1.54) is 167 Å². The first-order valence-electron chi connectivity index (χ1n) is 24.8. The molecular formula is C47H92O12S. The summed E-state index contributed by atoms with van der Waals surface area (Å²) in [6.45, 7) is 3.98. The summed E-state index contributed by atoms with van der Waals surface area (Å²) in [5.41, 5.74) is 0. The van der Waals surface area contributed by atoms with Crippen LogP contribution in [0.2, 0.25) is 0 Å². The molecule has 0 aromatic heterocycles. The Kier molecular flexibility index (Phi) is 37.8. The molecule has 0 aromatic carbocycles. The van der Waals surface area contributed by atoms with E-state index in [4.69, 9.17) is 23.5 Å². The fraction of sp³-hybridized carbons (Fsp3) is 0.979. The molecule has 0 spiro atoms. The molecule has 6 unspecified atom stereocenters. The van der Waals surface area contributed by atoms with Crippen LogP contribution in [0, 0.1) is 0 Å². The molecule has 13 heteroatoms. The predicted octanol–water partition coefficient (Wildman–Crippen LogP) is 10.9. The first-order chi connectivity index (χ1) is 29.1. The van der Waals surface area contributed by atoms with Crippen LogP contribution in [0.3, 0.4) is 0 Å². The van der Waals surface area contributed by atoms with E-state index in [-0.39, 0.29) is 19.6 Å². The van der Waals surface area contributed by atoms with Gasteiger partial charge >= 0.3 is 16.4 Å². The third kappa shape index (κ3) is 32.7. The lowest BCUT2D eigenvalue weighted by molar-refractivity contribution is -0.301. The van der Waals surface area contributed by atoms with E-state index in [9.17, 15) is 28.5 Å². The summed E-state index contributed by atoms with van der Waals surface area (Å²) >= 11 is 0. The summed E-state index contributed by atoms with van der Waals surface area (Å²) in [6, 6.07) is 0. The standard InChI is InChI=1S/C47H92O12S/c1-3-5-7-9-11-12-13-14-15-16-17-18-19-20-21-22-23-24-25-26-27-28-29-31-33-35-37-55-39-41(57-43(49)36-34-32-30-10-8-6-4-2)40-56-47-45(51)46(59-60(52,53)54)44(50)42(38-48)58-47/h41-42,44-48,50-51H,3-40H2,1-2H3,(H,52,53,54). The lowest BCUT2D eigenvalue weighted by Crippen LogP contribution is -2.60. The molecule has 12 nitrogen and oxygen atoms in total. The number of carbonyl (C=O) groups excluding carboxylic acids is 1. The normalized spacial score (nSPS) is 20.1. The Bertz CT molecular complexity index is 1060. The average Bonchev–Trinajstić information content (AvgIpc) is 3.22. The molecule has 60 heavy (non-hydrogen) atoms. The zero-order valence-electron chi connectivity index (χ0n) is 38.3. The van der Waals surface area contributed by atoms with Gasteiger partial charge in [-0.05, 0) is 12.8 Å². The minimum absolute atomic E-state index is 0.0437. The molecule has 1 aliphatic rings. The van der Waals surface area contributed by atoms with Crippen molar-refractivity contribution in [1.29, 1.82) is 0 Å². The van der Waals surface area contributed by atoms with Crippen LogP contribution in [0.15, 0.2) is 0 Å². The zero-order chi connectivity index (χ0) is 43.9. The Hall–Kier alpha value is -0.900. The van der Waals surface area contributed by atoms with Crippen molar-refractivity contribution in [3.63, 3.8) is 0 Å². The number of aliphatic hydroxyl groups is 3. The minimum atomic E-state index is -5.05. The van der Waals surface area contributed by atoms with Crippen LogP contribution in [0.1, 0.15) is 232 Å². The summed E-state index contributed by atoms with van der Waals surface area (Å²) in [5.74, 6) is -0.401. The molecule has 4 N–H and O–H groups in total. The Balaban J connectivity index is 2.19. The van der Waals surface area contributed by atoms with E-state index in [0.29, 0.717) is 13.0 Å². The molecular weight excluding hydrogens is 789 g/mol. The number of hydrogen-bond acceptors (Lipinski definition) is 11. The smallest absolute Gasteiger partial charge is 0.397 e. The molecule has 1 rings (SSSR count). The Morgan fingerprint density at radius 3 is 1.33 bits per heavy atom. The fourth-order valence-electron chi connectivity index (χ4n) is 7.97. The van der Waals surface area contributed by atoms with Gasteiger partial charge in [-0.3, -0.25) is 9.35 Å². The topological polar surface area (TPSA) is 178 Å². The van der Waals surface area contributed by atoms with Crippen LogP contribution >= 0.6 is 0 Å². The summed E-state index contributed by atoms with van der Waals surface area (Å²) in [6.07, 6.45) is 33.3. The molecule has 0 saturated carbocycles. The molecule has 0 amide bonds. The largest absolute Gasteiger partial charge is 0.457 e. The first-order valence-corrected chi connectivity index (χ1v) is 26.2. The molecule has 0 radical (unpaired) electrons.